The van der Waals surface area contributed by atoms with Crippen LogP contribution in [0.15, 0.2) is 60.0 Å². The lowest BCUT2D eigenvalue weighted by Crippen LogP contribution is -2.56. The molecule has 2 aromatic heterocycles. The van der Waals surface area contributed by atoms with Crippen molar-refractivity contribution >= 4 is 34.8 Å². The molecule has 2 bridgehead atoms. The molecule has 2 saturated carbocycles. The number of carboxylic acids is 1. The summed E-state index contributed by atoms with van der Waals surface area (Å²) in [5.41, 5.74) is 9.64. The summed E-state index contributed by atoms with van der Waals surface area (Å²) in [4.78, 5) is 46.1. The Bertz CT molecular complexity index is 2000. The fourth-order valence-electron chi connectivity index (χ4n) is 9.43. The van der Waals surface area contributed by atoms with Gasteiger partial charge in [0.05, 0.1) is 6.61 Å². The maximum atomic E-state index is 14.0. The zero-order valence-electron chi connectivity index (χ0n) is 29.0. The molecule has 7 rings (SSSR count). The number of benzene rings is 2. The van der Waals surface area contributed by atoms with Crippen LogP contribution in [0.5, 0.6) is 5.75 Å². The number of carbonyl (C=O) groups excluding carboxylic acids is 2. The highest BCUT2D eigenvalue weighted by Gasteiger charge is 2.50. The van der Waals surface area contributed by atoms with Gasteiger partial charge in [0, 0.05) is 51.3 Å². The number of pyridine rings is 1. The van der Waals surface area contributed by atoms with Gasteiger partial charge in [-0.25, -0.2) is 9.78 Å². The van der Waals surface area contributed by atoms with Crippen LogP contribution in [0, 0.1) is 16.7 Å². The number of ether oxygens (including phenoxy) is 1. The van der Waals surface area contributed by atoms with E-state index in [-0.39, 0.29) is 33.3 Å². The SMILES string of the molecule is CC1(C)CC2CC(C)(C1)CC(C)(NC(=O)c1ccc(-c3cc4c(cc3C(=O)Nc3ccc(CN)cc3)-c3sccc3CCO4)c(C(=O)O)n1)C2. The molecule has 1 aliphatic heterocycles. The van der Waals surface area contributed by atoms with E-state index >= 15 is 0 Å². The van der Waals surface area contributed by atoms with Crippen molar-refractivity contribution < 1.29 is 24.2 Å². The molecule has 2 amide bonds. The number of nitrogens with one attached hydrogen (secondary N) is 2. The lowest BCUT2D eigenvalue weighted by Gasteiger charge is -2.56. The monoisotopic (exact) mass is 692 g/mol. The molecule has 3 aliphatic rings. The highest BCUT2D eigenvalue weighted by molar-refractivity contribution is 7.13. The summed E-state index contributed by atoms with van der Waals surface area (Å²) in [6.45, 7) is 9.91. The van der Waals surface area contributed by atoms with Gasteiger partial charge in [-0.3, -0.25) is 9.59 Å². The van der Waals surface area contributed by atoms with Crippen LogP contribution in [-0.4, -0.2) is 40.0 Å². The largest absolute Gasteiger partial charge is 0.493 e. The highest BCUT2D eigenvalue weighted by Crippen LogP contribution is 2.57. The first-order valence-corrected chi connectivity index (χ1v) is 18.2. The Hall–Kier alpha value is -4.54. The molecule has 2 aliphatic carbocycles. The molecule has 2 fully saturated rings. The van der Waals surface area contributed by atoms with Gasteiger partial charge in [-0.1, -0.05) is 32.9 Å². The van der Waals surface area contributed by atoms with Gasteiger partial charge in [0.25, 0.3) is 11.8 Å². The van der Waals surface area contributed by atoms with E-state index in [1.165, 1.54) is 0 Å². The van der Waals surface area contributed by atoms with Crippen LogP contribution < -0.4 is 21.1 Å². The first kappa shape index (κ1) is 33.9. The molecule has 9 nitrogen and oxygen atoms in total. The number of anilines is 1. The zero-order valence-corrected chi connectivity index (χ0v) is 29.8. The third kappa shape index (κ3) is 6.66. The lowest BCUT2D eigenvalue weighted by molar-refractivity contribution is -0.0264. The van der Waals surface area contributed by atoms with Gasteiger partial charge in [0.15, 0.2) is 5.69 Å². The summed E-state index contributed by atoms with van der Waals surface area (Å²) in [7, 11) is 0. The number of carbonyl (C=O) groups is 3. The summed E-state index contributed by atoms with van der Waals surface area (Å²) in [5.74, 6) is -1.06. The van der Waals surface area contributed by atoms with Crippen LogP contribution in [0.1, 0.15) is 102 Å². The average molecular weight is 693 g/mol. The number of nitrogens with zero attached hydrogens (tertiary/aromatic N) is 1. The quantitative estimate of drug-likeness (QED) is 0.154. The van der Waals surface area contributed by atoms with Gasteiger partial charge in [0.1, 0.15) is 11.4 Å². The maximum Gasteiger partial charge on any atom is 0.355 e. The second kappa shape index (κ2) is 12.7. The van der Waals surface area contributed by atoms with Crippen LogP contribution in [0.3, 0.4) is 0 Å². The van der Waals surface area contributed by atoms with Crippen LogP contribution in [-0.2, 0) is 13.0 Å². The summed E-state index contributed by atoms with van der Waals surface area (Å²) >= 11 is 1.57. The van der Waals surface area contributed by atoms with E-state index < -0.39 is 23.3 Å². The van der Waals surface area contributed by atoms with Gasteiger partial charge in [-0.05, 0) is 115 Å². The second-order valence-corrected chi connectivity index (χ2v) is 16.8. The Morgan fingerprint density at radius 2 is 1.72 bits per heavy atom. The Morgan fingerprint density at radius 1 is 0.940 bits per heavy atom. The average Bonchev–Trinajstić information content (AvgIpc) is 3.44. The van der Waals surface area contributed by atoms with Gasteiger partial charge in [-0.2, -0.15) is 0 Å². The number of amides is 2. The standard InChI is InChI=1S/C40H44N4O5S/c1-38(2)17-24-18-39(3,21-38)22-40(4,19-24)44-36(46)31-10-9-27(33(43-31)37(47)48)28-16-32-30(34-25(11-13-49-32)12-14-50-34)15-29(28)35(45)42-26-7-5-23(20-41)6-8-26/h5-10,12,14-16,24H,11,13,17-22,41H2,1-4H3,(H,42,45)(H,44,46)(H,47,48). The van der Waals surface area contributed by atoms with E-state index in [0.717, 1.165) is 53.7 Å². The molecule has 4 aromatic rings. The van der Waals surface area contributed by atoms with Crippen molar-refractivity contribution in [2.45, 2.75) is 78.3 Å². The normalized spacial score (nSPS) is 23.4. The molecule has 5 N–H and O–H groups in total. The summed E-state index contributed by atoms with van der Waals surface area (Å²) in [5, 5.41) is 18.7. The van der Waals surface area contributed by atoms with E-state index in [9.17, 15) is 19.5 Å². The minimum atomic E-state index is -1.30. The van der Waals surface area contributed by atoms with Gasteiger partial charge in [0.2, 0.25) is 0 Å². The van der Waals surface area contributed by atoms with Crippen molar-refractivity contribution in [1.82, 2.24) is 10.3 Å². The third-order valence-corrected chi connectivity index (χ3v) is 11.5. The number of hydrogen-bond donors (Lipinski definition) is 4. The summed E-state index contributed by atoms with van der Waals surface area (Å²) < 4.78 is 6.17. The van der Waals surface area contributed by atoms with Crippen molar-refractivity contribution in [1.29, 1.82) is 0 Å². The predicted molar refractivity (Wildman–Crippen MR) is 196 cm³/mol. The van der Waals surface area contributed by atoms with E-state index in [2.05, 4.69) is 49.4 Å². The van der Waals surface area contributed by atoms with Gasteiger partial charge in [-0.15, -0.1) is 11.3 Å². The molecule has 0 radical (unpaired) electrons. The second-order valence-electron chi connectivity index (χ2n) is 15.8. The van der Waals surface area contributed by atoms with Crippen LogP contribution in [0.25, 0.3) is 21.6 Å². The summed E-state index contributed by atoms with van der Waals surface area (Å²) in [6, 6.07) is 15.9. The maximum absolute atomic E-state index is 14.0. The Kier molecular flexibility index (Phi) is 8.59. The first-order chi connectivity index (χ1) is 23.7. The highest BCUT2D eigenvalue weighted by atomic mass is 32.1. The number of fused-ring (bicyclic) bond motifs is 5. The van der Waals surface area contributed by atoms with E-state index in [4.69, 9.17) is 10.5 Å². The Labute approximate surface area is 296 Å². The topological polar surface area (TPSA) is 144 Å². The van der Waals surface area contributed by atoms with Gasteiger partial charge < -0.3 is 26.2 Å². The van der Waals surface area contributed by atoms with E-state index in [1.54, 1.807) is 47.7 Å². The molecule has 3 atom stereocenters. The third-order valence-electron chi connectivity index (χ3n) is 10.6. The molecule has 0 saturated heterocycles. The van der Waals surface area contributed by atoms with Crippen molar-refractivity contribution in [3.05, 3.63) is 88.1 Å². The minimum Gasteiger partial charge on any atom is -0.493 e. The molecular weight excluding hydrogens is 649 g/mol. The van der Waals surface area contributed by atoms with Crippen molar-refractivity contribution in [3.8, 4) is 27.3 Å². The van der Waals surface area contributed by atoms with Gasteiger partial charge >= 0.3 is 5.97 Å². The number of carboxylic acid groups (broad SMARTS) is 1. The number of thiophene rings is 1. The van der Waals surface area contributed by atoms with Crippen LogP contribution >= 0.6 is 11.3 Å². The number of aromatic carboxylic acids is 1. The summed E-state index contributed by atoms with van der Waals surface area (Å²) in [6.07, 6.45) is 5.81. The van der Waals surface area contributed by atoms with Crippen molar-refractivity contribution in [3.63, 3.8) is 0 Å². The molecule has 0 spiro atoms. The molecule has 10 heteroatoms. The van der Waals surface area contributed by atoms with Crippen molar-refractivity contribution in [2.75, 3.05) is 11.9 Å². The fourth-order valence-corrected chi connectivity index (χ4v) is 10.4. The molecule has 3 unspecified atom stereocenters. The molecule has 260 valence electrons. The zero-order chi connectivity index (χ0) is 35.4. The van der Waals surface area contributed by atoms with E-state index in [0.29, 0.717) is 42.5 Å². The fraction of sp³-hybridized carbons (Fsp3) is 0.400. The first-order valence-electron chi connectivity index (χ1n) is 17.3. The smallest absolute Gasteiger partial charge is 0.355 e. The molecular formula is C40H44N4O5S. The molecule has 3 heterocycles. The number of aromatic nitrogens is 1. The van der Waals surface area contributed by atoms with Crippen LogP contribution in [0.4, 0.5) is 5.69 Å². The molecule has 50 heavy (non-hydrogen) atoms. The predicted octanol–water partition coefficient (Wildman–Crippen LogP) is 7.94. The Morgan fingerprint density at radius 3 is 2.44 bits per heavy atom. The van der Waals surface area contributed by atoms with Crippen LogP contribution in [0.2, 0.25) is 0 Å². The Balaban J connectivity index is 1.25. The number of rotatable bonds is 7. The lowest BCUT2D eigenvalue weighted by atomic mass is 9.52. The van der Waals surface area contributed by atoms with Crippen molar-refractivity contribution in [2.24, 2.45) is 22.5 Å². The van der Waals surface area contributed by atoms with E-state index in [1.807, 2.05) is 17.5 Å². The number of nitrogens with two attached hydrogens (primary N) is 1. The minimum absolute atomic E-state index is 0.0221. The molecule has 2 aromatic carbocycles. The number of hydrogen-bond acceptors (Lipinski definition) is 7.